The quantitative estimate of drug-likeness (QED) is 0.291. The number of halogens is 3. The van der Waals surface area contributed by atoms with Crippen molar-refractivity contribution in [2.75, 3.05) is 5.32 Å². The first-order valence-electron chi connectivity index (χ1n) is 12.2. The van der Waals surface area contributed by atoms with Gasteiger partial charge < -0.3 is 15.4 Å². The summed E-state index contributed by atoms with van der Waals surface area (Å²) in [5, 5.41) is 7.04. The molecule has 4 aromatic rings. The summed E-state index contributed by atoms with van der Waals surface area (Å²) in [5.41, 5.74) is 0.188. The van der Waals surface area contributed by atoms with E-state index >= 15 is 0 Å². The van der Waals surface area contributed by atoms with Crippen molar-refractivity contribution in [3.05, 3.63) is 96.2 Å². The molecule has 0 saturated heterocycles. The average molecular weight is 506 g/mol. The molecule has 0 aliphatic heterocycles. The molecule has 8 heteroatoms. The number of ether oxygens (including phenoxy) is 1. The van der Waals surface area contributed by atoms with Gasteiger partial charge in [0.1, 0.15) is 17.2 Å². The van der Waals surface area contributed by atoms with Crippen LogP contribution in [0.2, 0.25) is 0 Å². The van der Waals surface area contributed by atoms with E-state index in [0.29, 0.717) is 34.6 Å². The Hall–Kier alpha value is -4.07. The molecule has 1 aliphatic rings. The number of hydrogen-bond donors (Lipinski definition) is 2. The number of benzene rings is 3. The highest BCUT2D eigenvalue weighted by Crippen LogP contribution is 2.34. The third-order valence-corrected chi connectivity index (χ3v) is 6.48. The smallest absolute Gasteiger partial charge is 0.433 e. The Morgan fingerprint density at radius 1 is 0.892 bits per heavy atom. The molecule has 1 aliphatic carbocycles. The van der Waals surface area contributed by atoms with Crippen LogP contribution in [-0.2, 0) is 6.18 Å². The van der Waals surface area contributed by atoms with Gasteiger partial charge in [0.2, 0.25) is 0 Å². The molecule has 2 N–H and O–H groups in total. The van der Waals surface area contributed by atoms with Gasteiger partial charge in [-0.15, -0.1) is 0 Å². The van der Waals surface area contributed by atoms with E-state index < -0.39 is 11.9 Å². The van der Waals surface area contributed by atoms with Gasteiger partial charge >= 0.3 is 6.18 Å². The lowest BCUT2D eigenvalue weighted by Gasteiger charge is -2.31. The van der Waals surface area contributed by atoms with E-state index in [1.165, 1.54) is 0 Å². The Morgan fingerprint density at radius 3 is 2.41 bits per heavy atom. The van der Waals surface area contributed by atoms with Crippen LogP contribution in [0.3, 0.4) is 0 Å². The largest absolute Gasteiger partial charge is 0.457 e. The highest BCUT2D eigenvalue weighted by molar-refractivity contribution is 5.97. The second kappa shape index (κ2) is 10.5. The number of anilines is 1. The molecule has 1 heterocycles. The Kier molecular flexibility index (Phi) is 6.99. The summed E-state index contributed by atoms with van der Waals surface area (Å²) < 4.78 is 46.3. The monoisotopic (exact) mass is 505 g/mol. The van der Waals surface area contributed by atoms with Crippen LogP contribution in [0.1, 0.15) is 41.7 Å². The third kappa shape index (κ3) is 5.85. The van der Waals surface area contributed by atoms with Crippen molar-refractivity contribution in [1.82, 2.24) is 10.3 Å². The predicted molar refractivity (Wildman–Crippen MR) is 137 cm³/mol. The Bertz CT molecular complexity index is 1390. The van der Waals surface area contributed by atoms with Gasteiger partial charge in [0.25, 0.3) is 5.91 Å². The zero-order chi connectivity index (χ0) is 25.8. The lowest BCUT2D eigenvalue weighted by atomic mass is 9.90. The van der Waals surface area contributed by atoms with E-state index in [4.69, 9.17) is 4.74 Å². The number of carbonyl (C=O) groups is 1. The fraction of sp³-hybridized carbons (Fsp3) is 0.241. The second-order valence-electron chi connectivity index (χ2n) is 9.16. The molecule has 3 aromatic carbocycles. The van der Waals surface area contributed by atoms with E-state index in [1.807, 2.05) is 36.4 Å². The van der Waals surface area contributed by atoms with Gasteiger partial charge in [0.15, 0.2) is 0 Å². The van der Waals surface area contributed by atoms with Crippen molar-refractivity contribution in [2.45, 2.75) is 43.9 Å². The van der Waals surface area contributed by atoms with E-state index in [0.717, 1.165) is 25.3 Å². The highest BCUT2D eigenvalue weighted by atomic mass is 19.4. The standard InChI is InChI=1S/C29H26F3N3O2/c30-29(31,32)27-18-25(22-13-4-6-15-24(22)35-27)33-19-9-8-10-20(17-19)34-28(36)23-14-5-7-16-26(23)37-21-11-2-1-3-12-21/h1-7,11-16,18-20H,8-10,17H2,(H,33,35)(H,34,36)/t19-,20+/m0/s1. The van der Waals surface area contributed by atoms with Crippen molar-refractivity contribution in [2.24, 2.45) is 0 Å². The van der Waals surface area contributed by atoms with Gasteiger partial charge in [-0.2, -0.15) is 13.2 Å². The molecule has 0 bridgehead atoms. The van der Waals surface area contributed by atoms with E-state index in [1.54, 1.807) is 42.5 Å². The number of rotatable bonds is 6. The van der Waals surface area contributed by atoms with Crippen molar-refractivity contribution >= 4 is 22.5 Å². The number of carbonyl (C=O) groups excluding carboxylic acids is 1. The number of nitrogens with zero attached hydrogens (tertiary/aromatic N) is 1. The van der Waals surface area contributed by atoms with E-state index in [2.05, 4.69) is 15.6 Å². The van der Waals surface area contributed by atoms with Crippen LogP contribution in [0.25, 0.3) is 10.9 Å². The van der Waals surface area contributed by atoms with Crippen LogP contribution < -0.4 is 15.4 Å². The first kappa shape index (κ1) is 24.6. The summed E-state index contributed by atoms with van der Waals surface area (Å²) in [6.45, 7) is 0. The van der Waals surface area contributed by atoms with Crippen molar-refractivity contribution in [3.63, 3.8) is 0 Å². The molecule has 0 spiro atoms. The number of fused-ring (bicyclic) bond motifs is 1. The maximum atomic E-state index is 13.5. The number of aromatic nitrogens is 1. The molecule has 1 aromatic heterocycles. The Labute approximate surface area is 212 Å². The van der Waals surface area contributed by atoms with Gasteiger partial charge in [0.05, 0.1) is 11.1 Å². The fourth-order valence-electron chi connectivity index (χ4n) is 4.73. The maximum absolute atomic E-state index is 13.5. The van der Waals surface area contributed by atoms with Gasteiger partial charge in [-0.25, -0.2) is 4.98 Å². The molecule has 1 saturated carbocycles. The van der Waals surface area contributed by atoms with Crippen LogP contribution in [0.4, 0.5) is 18.9 Å². The summed E-state index contributed by atoms with van der Waals surface area (Å²) >= 11 is 0. The number of hydrogen-bond acceptors (Lipinski definition) is 4. The number of amides is 1. The lowest BCUT2D eigenvalue weighted by Crippen LogP contribution is -2.42. The van der Waals surface area contributed by atoms with E-state index in [-0.39, 0.29) is 23.5 Å². The first-order valence-corrected chi connectivity index (χ1v) is 12.2. The van der Waals surface area contributed by atoms with Gasteiger partial charge in [-0.05, 0) is 62.1 Å². The summed E-state index contributed by atoms with van der Waals surface area (Å²) in [6, 6.07) is 23.9. The summed E-state index contributed by atoms with van der Waals surface area (Å²) in [4.78, 5) is 17.0. The zero-order valence-corrected chi connectivity index (χ0v) is 20.0. The van der Waals surface area contributed by atoms with Crippen molar-refractivity contribution < 1.29 is 22.7 Å². The molecule has 5 nitrogen and oxygen atoms in total. The first-order chi connectivity index (χ1) is 17.9. The van der Waals surface area contributed by atoms with Gasteiger partial charge in [-0.1, -0.05) is 48.5 Å². The molecular formula is C29H26F3N3O2. The Morgan fingerprint density at radius 2 is 1.59 bits per heavy atom. The summed E-state index contributed by atoms with van der Waals surface area (Å²) in [5.74, 6) is 0.845. The third-order valence-electron chi connectivity index (χ3n) is 6.48. The summed E-state index contributed by atoms with van der Waals surface area (Å²) in [7, 11) is 0. The fourth-order valence-corrected chi connectivity index (χ4v) is 4.73. The minimum absolute atomic E-state index is 0.0956. The topological polar surface area (TPSA) is 63.2 Å². The number of nitrogens with one attached hydrogen (secondary N) is 2. The normalized spacial score (nSPS) is 17.8. The van der Waals surface area contributed by atoms with Crippen LogP contribution >= 0.6 is 0 Å². The second-order valence-corrected chi connectivity index (χ2v) is 9.16. The molecule has 1 fully saturated rings. The molecule has 2 atom stereocenters. The minimum Gasteiger partial charge on any atom is -0.457 e. The minimum atomic E-state index is -4.54. The lowest BCUT2D eigenvalue weighted by molar-refractivity contribution is -0.140. The molecule has 0 unspecified atom stereocenters. The number of para-hydroxylation sites is 3. The molecule has 0 radical (unpaired) electrons. The molecule has 1 amide bonds. The molecule has 37 heavy (non-hydrogen) atoms. The molecular weight excluding hydrogens is 479 g/mol. The van der Waals surface area contributed by atoms with Crippen LogP contribution in [-0.4, -0.2) is 23.0 Å². The zero-order valence-electron chi connectivity index (χ0n) is 20.0. The number of pyridine rings is 1. The van der Waals surface area contributed by atoms with Crippen molar-refractivity contribution in [1.29, 1.82) is 0 Å². The maximum Gasteiger partial charge on any atom is 0.433 e. The van der Waals surface area contributed by atoms with Crippen molar-refractivity contribution in [3.8, 4) is 11.5 Å². The Balaban J connectivity index is 1.30. The summed E-state index contributed by atoms with van der Waals surface area (Å²) in [6.07, 6.45) is -1.54. The van der Waals surface area contributed by atoms with E-state index in [9.17, 15) is 18.0 Å². The van der Waals surface area contributed by atoms with Crippen LogP contribution in [0.5, 0.6) is 11.5 Å². The molecule has 5 rings (SSSR count). The SMILES string of the molecule is O=C(N[C@@H]1CCC[C@H](Nc2cc(C(F)(F)F)nc3ccccc23)C1)c1ccccc1Oc1ccccc1. The highest BCUT2D eigenvalue weighted by Gasteiger charge is 2.34. The average Bonchev–Trinajstić information content (AvgIpc) is 2.89. The number of alkyl halides is 3. The van der Waals surface area contributed by atoms with Gasteiger partial charge in [-0.3, -0.25) is 4.79 Å². The van der Waals surface area contributed by atoms with Crippen LogP contribution in [0.15, 0.2) is 84.9 Å². The predicted octanol–water partition coefficient (Wildman–Crippen LogP) is 7.20. The molecule has 190 valence electrons. The van der Waals surface area contributed by atoms with Gasteiger partial charge in [0, 0.05) is 23.2 Å². The van der Waals surface area contributed by atoms with Crippen LogP contribution in [0, 0.1) is 0 Å².